The molecule has 0 heterocycles. The molecule has 0 spiro atoms. The van der Waals surface area contributed by atoms with Crippen molar-refractivity contribution < 1.29 is 24.6 Å². The molecular formula is C10H7NO5. The number of Topliss-reactive ketones (excluding diaryl/α,β-unsaturated/α-hetero) is 3. The second-order valence-electron chi connectivity index (χ2n) is 3.43. The lowest BCUT2D eigenvalue weighted by Gasteiger charge is -2.16. The van der Waals surface area contributed by atoms with Crippen molar-refractivity contribution in [2.45, 2.75) is 6.42 Å². The summed E-state index contributed by atoms with van der Waals surface area (Å²) in [5.41, 5.74) is 4.34. The minimum Gasteiger partial charge on any atom is -0.507 e. The Balaban J connectivity index is 2.86. The number of fused-ring (bicyclic) bond motifs is 1. The van der Waals surface area contributed by atoms with Crippen LogP contribution in [-0.4, -0.2) is 27.6 Å². The predicted octanol–water partition coefficient (Wildman–Crippen LogP) is 0.0182. The number of carbonyl (C=O) groups excluding carboxylic acids is 3. The van der Waals surface area contributed by atoms with Gasteiger partial charge in [-0.2, -0.15) is 0 Å². The quantitative estimate of drug-likeness (QED) is 0.187. The second-order valence-corrected chi connectivity index (χ2v) is 3.43. The molecule has 2 rings (SSSR count). The van der Waals surface area contributed by atoms with E-state index in [9.17, 15) is 24.6 Å². The molecule has 16 heavy (non-hydrogen) atoms. The Bertz CT molecular complexity index is 547. The molecule has 1 aliphatic carbocycles. The fourth-order valence-corrected chi connectivity index (χ4v) is 1.64. The first-order valence-electron chi connectivity index (χ1n) is 4.38. The molecule has 0 radical (unpaired) electrons. The molecule has 0 aliphatic heterocycles. The predicted molar refractivity (Wildman–Crippen MR) is 52.5 cm³/mol. The molecule has 0 fully saturated rings. The van der Waals surface area contributed by atoms with E-state index in [1.807, 2.05) is 0 Å². The maximum atomic E-state index is 11.5. The van der Waals surface area contributed by atoms with E-state index in [-0.39, 0.29) is 11.3 Å². The number of hydrogen-bond donors (Lipinski definition) is 3. The summed E-state index contributed by atoms with van der Waals surface area (Å²) in [7, 11) is 0. The van der Waals surface area contributed by atoms with E-state index in [0.717, 1.165) is 6.07 Å². The molecule has 0 unspecified atom stereocenters. The summed E-state index contributed by atoms with van der Waals surface area (Å²) in [5, 5.41) is 18.7. The minimum absolute atomic E-state index is 0.292. The molecule has 0 atom stereocenters. The third kappa shape index (κ3) is 1.16. The molecule has 6 heteroatoms. The highest BCUT2D eigenvalue weighted by atomic mass is 16.3. The highest BCUT2D eigenvalue weighted by Crippen LogP contribution is 2.37. The Hall–Kier alpha value is -2.37. The van der Waals surface area contributed by atoms with Crippen LogP contribution in [0.4, 0.5) is 5.69 Å². The van der Waals surface area contributed by atoms with Crippen LogP contribution in [0.5, 0.6) is 11.5 Å². The molecule has 0 bridgehead atoms. The highest BCUT2D eigenvalue weighted by molar-refractivity contribution is 6.52. The van der Waals surface area contributed by atoms with Gasteiger partial charge in [-0.3, -0.25) is 14.4 Å². The molecule has 1 aromatic rings. The summed E-state index contributed by atoms with van der Waals surface area (Å²) in [6.07, 6.45) is -0.580. The van der Waals surface area contributed by atoms with Crippen LogP contribution in [0.2, 0.25) is 0 Å². The molecule has 0 saturated heterocycles. The summed E-state index contributed by atoms with van der Waals surface area (Å²) in [6, 6.07) is 0.870. The van der Waals surface area contributed by atoms with Crippen molar-refractivity contribution in [3.05, 3.63) is 17.2 Å². The van der Waals surface area contributed by atoms with Crippen molar-refractivity contribution in [3.8, 4) is 11.5 Å². The van der Waals surface area contributed by atoms with Gasteiger partial charge in [-0.25, -0.2) is 0 Å². The topological polar surface area (TPSA) is 118 Å². The van der Waals surface area contributed by atoms with Crippen LogP contribution in [-0.2, 0) is 4.79 Å². The van der Waals surface area contributed by atoms with E-state index >= 15 is 0 Å². The van der Waals surface area contributed by atoms with Gasteiger partial charge in [0.1, 0.15) is 11.5 Å². The van der Waals surface area contributed by atoms with Gasteiger partial charge in [0.15, 0.2) is 5.78 Å². The lowest BCUT2D eigenvalue weighted by molar-refractivity contribution is -0.114. The van der Waals surface area contributed by atoms with Crippen LogP contribution in [0.25, 0.3) is 0 Å². The van der Waals surface area contributed by atoms with Crippen LogP contribution in [0, 0.1) is 0 Å². The smallest absolute Gasteiger partial charge is 0.232 e. The van der Waals surface area contributed by atoms with E-state index in [1.165, 1.54) is 0 Å². The van der Waals surface area contributed by atoms with E-state index in [0.29, 0.717) is 0 Å². The number of phenols is 2. The first-order chi connectivity index (χ1) is 7.43. The number of phenolic OH excluding ortho intramolecular Hbond substituents is 2. The number of aromatic hydroxyl groups is 2. The fourth-order valence-electron chi connectivity index (χ4n) is 1.64. The summed E-state index contributed by atoms with van der Waals surface area (Å²) in [5.74, 6) is -3.61. The normalized spacial score (nSPS) is 15.1. The number of benzene rings is 1. The molecule has 0 amide bonds. The average Bonchev–Trinajstić information content (AvgIpc) is 2.20. The van der Waals surface area contributed by atoms with Crippen molar-refractivity contribution in [1.29, 1.82) is 0 Å². The lowest BCUT2D eigenvalue weighted by Crippen LogP contribution is -2.28. The number of nitrogens with two attached hydrogens (primary N) is 1. The first-order valence-corrected chi connectivity index (χ1v) is 4.38. The standard InChI is InChI=1S/C10H7NO5/c11-9-5(14)1-3(12)7-4(13)2-6(15)10(16)8(7)9/h1,12,14H,2,11H2. The molecule has 0 aromatic heterocycles. The van der Waals surface area contributed by atoms with Gasteiger partial charge in [-0.05, 0) is 0 Å². The molecule has 6 nitrogen and oxygen atoms in total. The van der Waals surface area contributed by atoms with E-state index in [4.69, 9.17) is 5.73 Å². The lowest BCUT2D eigenvalue weighted by atomic mass is 9.86. The van der Waals surface area contributed by atoms with Crippen LogP contribution < -0.4 is 5.73 Å². The number of anilines is 1. The third-order valence-electron chi connectivity index (χ3n) is 2.41. The van der Waals surface area contributed by atoms with Crippen LogP contribution in [0.3, 0.4) is 0 Å². The molecule has 82 valence electrons. The SMILES string of the molecule is Nc1c(O)cc(O)c2c1C(=O)C(=O)CC2=O. The highest BCUT2D eigenvalue weighted by Gasteiger charge is 2.35. The number of nitrogen functional groups attached to an aromatic ring is 1. The second kappa shape index (κ2) is 3.06. The van der Waals surface area contributed by atoms with Gasteiger partial charge in [-0.15, -0.1) is 0 Å². The van der Waals surface area contributed by atoms with Crippen molar-refractivity contribution in [2.24, 2.45) is 0 Å². The zero-order chi connectivity index (χ0) is 12.0. The fraction of sp³-hybridized carbons (Fsp3) is 0.100. The van der Waals surface area contributed by atoms with Gasteiger partial charge in [-0.1, -0.05) is 0 Å². The van der Waals surface area contributed by atoms with Gasteiger partial charge >= 0.3 is 0 Å². The van der Waals surface area contributed by atoms with Crippen molar-refractivity contribution in [1.82, 2.24) is 0 Å². The van der Waals surface area contributed by atoms with Crippen molar-refractivity contribution in [3.63, 3.8) is 0 Å². The minimum atomic E-state index is -0.960. The maximum absolute atomic E-state index is 11.5. The summed E-state index contributed by atoms with van der Waals surface area (Å²) in [6.45, 7) is 0. The molecule has 1 aromatic carbocycles. The van der Waals surface area contributed by atoms with Gasteiger partial charge < -0.3 is 15.9 Å². The Kier molecular flexibility index (Phi) is 1.94. The Morgan fingerprint density at radius 3 is 2.25 bits per heavy atom. The number of rotatable bonds is 0. The number of ketones is 3. The van der Waals surface area contributed by atoms with Crippen LogP contribution in [0.1, 0.15) is 27.1 Å². The number of hydrogen-bond acceptors (Lipinski definition) is 6. The zero-order valence-corrected chi connectivity index (χ0v) is 7.98. The van der Waals surface area contributed by atoms with Crippen molar-refractivity contribution >= 4 is 23.0 Å². The summed E-state index contributed by atoms with van der Waals surface area (Å²) < 4.78 is 0. The first kappa shape index (κ1) is 10.2. The monoisotopic (exact) mass is 221 g/mol. The largest absolute Gasteiger partial charge is 0.507 e. The van der Waals surface area contributed by atoms with Crippen molar-refractivity contribution in [2.75, 3.05) is 5.73 Å². The molecule has 4 N–H and O–H groups in total. The molecule has 0 saturated carbocycles. The van der Waals surface area contributed by atoms with E-state index in [1.54, 1.807) is 0 Å². The van der Waals surface area contributed by atoms with E-state index < -0.39 is 40.8 Å². The summed E-state index contributed by atoms with van der Waals surface area (Å²) >= 11 is 0. The maximum Gasteiger partial charge on any atom is 0.232 e. The van der Waals surface area contributed by atoms with Crippen LogP contribution in [0.15, 0.2) is 6.07 Å². The zero-order valence-electron chi connectivity index (χ0n) is 7.98. The van der Waals surface area contributed by atoms with Crippen LogP contribution >= 0.6 is 0 Å². The molecule has 1 aliphatic rings. The van der Waals surface area contributed by atoms with Gasteiger partial charge in [0.2, 0.25) is 11.6 Å². The van der Waals surface area contributed by atoms with Gasteiger partial charge in [0.05, 0.1) is 23.2 Å². The Morgan fingerprint density at radius 2 is 1.62 bits per heavy atom. The average molecular weight is 221 g/mol. The Labute approximate surface area is 89.3 Å². The Morgan fingerprint density at radius 1 is 1.00 bits per heavy atom. The van der Waals surface area contributed by atoms with Gasteiger partial charge in [0.25, 0.3) is 0 Å². The molecular weight excluding hydrogens is 214 g/mol. The van der Waals surface area contributed by atoms with Gasteiger partial charge in [0, 0.05) is 6.07 Å². The van der Waals surface area contributed by atoms with E-state index in [2.05, 4.69) is 0 Å². The third-order valence-corrected chi connectivity index (χ3v) is 2.41. The summed E-state index contributed by atoms with van der Waals surface area (Å²) in [4.78, 5) is 34.1. The number of carbonyl (C=O) groups is 3.